The van der Waals surface area contributed by atoms with Crippen LogP contribution in [0.2, 0.25) is 0 Å². The molecule has 5 rings (SSSR count). The molecule has 7 nitrogen and oxygen atoms in total. The van der Waals surface area contributed by atoms with E-state index in [4.69, 9.17) is 0 Å². The highest BCUT2D eigenvalue weighted by Crippen LogP contribution is 2.42. The van der Waals surface area contributed by atoms with Crippen molar-refractivity contribution in [1.82, 2.24) is 19.5 Å². The van der Waals surface area contributed by atoms with E-state index in [-0.39, 0.29) is 17.9 Å². The van der Waals surface area contributed by atoms with Gasteiger partial charge < -0.3 is 15.5 Å². The molecule has 3 aromatic rings. The first-order chi connectivity index (χ1) is 13.7. The number of imidazole rings is 1. The number of hydrogen-bond acceptors (Lipinski definition) is 4. The van der Waals surface area contributed by atoms with E-state index >= 15 is 0 Å². The molecule has 3 heterocycles. The second kappa shape index (κ2) is 6.78. The van der Waals surface area contributed by atoms with Gasteiger partial charge in [-0.05, 0) is 61.1 Å². The molecule has 2 fully saturated rings. The lowest BCUT2D eigenvalue weighted by Gasteiger charge is -2.18. The van der Waals surface area contributed by atoms with E-state index in [0.717, 1.165) is 30.7 Å². The van der Waals surface area contributed by atoms with Crippen LogP contribution in [0.5, 0.6) is 0 Å². The molecule has 8 heteroatoms. The Morgan fingerprint density at radius 2 is 2.07 bits per heavy atom. The van der Waals surface area contributed by atoms with Gasteiger partial charge in [0.1, 0.15) is 11.6 Å². The first-order valence-corrected chi connectivity index (χ1v) is 9.58. The van der Waals surface area contributed by atoms with Crippen LogP contribution in [0.25, 0.3) is 5.65 Å². The fraction of sp³-hybridized carbons (Fsp3) is 0.350. The SMILES string of the molecule is O=C(Nc1ccc(F)c(C2CC2)c1)N1CCC(Nc2ccc3nccn3n2)C1. The molecule has 2 aliphatic rings. The number of urea groups is 1. The Balaban J connectivity index is 1.20. The highest BCUT2D eigenvalue weighted by molar-refractivity contribution is 5.89. The summed E-state index contributed by atoms with van der Waals surface area (Å²) < 4.78 is 15.6. The summed E-state index contributed by atoms with van der Waals surface area (Å²) in [5, 5.41) is 10.7. The standard InChI is InChI=1S/C20H21FN6O/c21-17-4-3-14(11-16(17)13-1-2-13)24-20(28)26-9-7-15(12-26)23-18-5-6-19-22-8-10-27(19)25-18/h3-6,8,10-11,13,15H,1-2,7,9,12H2,(H,23,25)(H,24,28). The van der Waals surface area contributed by atoms with Crippen LogP contribution in [0, 0.1) is 5.82 Å². The van der Waals surface area contributed by atoms with Crippen LogP contribution in [0.15, 0.2) is 42.7 Å². The number of carbonyl (C=O) groups is 1. The second-order valence-corrected chi connectivity index (χ2v) is 7.47. The Morgan fingerprint density at radius 3 is 2.93 bits per heavy atom. The molecule has 1 aliphatic heterocycles. The second-order valence-electron chi connectivity index (χ2n) is 7.47. The maximum atomic E-state index is 13.9. The average Bonchev–Trinajstić information content (AvgIpc) is 3.24. The van der Waals surface area contributed by atoms with Gasteiger partial charge in [0, 0.05) is 37.2 Å². The summed E-state index contributed by atoms with van der Waals surface area (Å²) in [6.07, 6.45) is 6.39. The molecule has 1 unspecified atom stereocenters. The third-order valence-electron chi connectivity index (χ3n) is 5.35. The topological polar surface area (TPSA) is 74.6 Å². The largest absolute Gasteiger partial charge is 0.364 e. The van der Waals surface area contributed by atoms with E-state index in [1.165, 1.54) is 6.07 Å². The summed E-state index contributed by atoms with van der Waals surface area (Å²) in [5.74, 6) is 0.871. The zero-order valence-electron chi connectivity index (χ0n) is 15.3. The van der Waals surface area contributed by atoms with E-state index in [2.05, 4.69) is 20.7 Å². The van der Waals surface area contributed by atoms with Crippen molar-refractivity contribution >= 4 is 23.2 Å². The summed E-state index contributed by atoms with van der Waals surface area (Å²) in [4.78, 5) is 18.6. The number of halogens is 1. The van der Waals surface area contributed by atoms with Gasteiger partial charge in [-0.25, -0.2) is 18.7 Å². The quantitative estimate of drug-likeness (QED) is 0.727. The molecule has 1 atom stereocenters. The maximum absolute atomic E-state index is 13.9. The normalized spacial score (nSPS) is 19.2. The Bertz CT molecular complexity index is 1030. The highest BCUT2D eigenvalue weighted by atomic mass is 19.1. The number of nitrogens with one attached hydrogen (secondary N) is 2. The zero-order valence-corrected chi connectivity index (χ0v) is 15.3. The molecular formula is C20H21FN6O. The minimum atomic E-state index is -0.187. The van der Waals surface area contributed by atoms with Gasteiger partial charge in [0.25, 0.3) is 0 Å². The van der Waals surface area contributed by atoms with Gasteiger partial charge in [-0.2, -0.15) is 0 Å². The van der Waals surface area contributed by atoms with E-state index < -0.39 is 0 Å². The summed E-state index contributed by atoms with van der Waals surface area (Å²) in [7, 11) is 0. The Labute approximate surface area is 161 Å². The summed E-state index contributed by atoms with van der Waals surface area (Å²) in [5.41, 5.74) is 2.15. The molecule has 1 aliphatic carbocycles. The van der Waals surface area contributed by atoms with Crippen molar-refractivity contribution in [1.29, 1.82) is 0 Å². The summed E-state index contributed by atoms with van der Waals surface area (Å²) in [6, 6.07) is 8.60. The van der Waals surface area contributed by atoms with Crippen molar-refractivity contribution in [3.05, 3.63) is 54.1 Å². The van der Waals surface area contributed by atoms with Crippen LogP contribution in [0.4, 0.5) is 20.7 Å². The Hall–Kier alpha value is -3.16. The predicted molar refractivity (Wildman–Crippen MR) is 104 cm³/mol. The lowest BCUT2D eigenvalue weighted by Crippen LogP contribution is -2.35. The molecular weight excluding hydrogens is 359 g/mol. The Kier molecular flexibility index (Phi) is 4.11. The molecule has 144 valence electrons. The van der Waals surface area contributed by atoms with Crippen molar-refractivity contribution in [2.75, 3.05) is 23.7 Å². The fourth-order valence-electron chi connectivity index (χ4n) is 3.70. The number of likely N-dealkylation sites (tertiary alicyclic amines) is 1. The first kappa shape index (κ1) is 17.0. The molecule has 2 aromatic heterocycles. The molecule has 28 heavy (non-hydrogen) atoms. The number of amides is 2. The van der Waals surface area contributed by atoms with E-state index in [1.54, 1.807) is 33.9 Å². The van der Waals surface area contributed by atoms with Crippen LogP contribution >= 0.6 is 0 Å². The van der Waals surface area contributed by atoms with Crippen LogP contribution in [-0.2, 0) is 0 Å². The van der Waals surface area contributed by atoms with Gasteiger partial charge in [0.05, 0.1) is 0 Å². The molecule has 1 saturated heterocycles. The minimum Gasteiger partial charge on any atom is -0.364 e. The van der Waals surface area contributed by atoms with Gasteiger partial charge in [0.2, 0.25) is 0 Å². The summed E-state index contributed by atoms with van der Waals surface area (Å²) >= 11 is 0. The molecule has 2 N–H and O–H groups in total. The predicted octanol–water partition coefficient (Wildman–Crippen LogP) is 3.46. The fourth-order valence-corrected chi connectivity index (χ4v) is 3.70. The minimum absolute atomic E-state index is 0.134. The van der Waals surface area contributed by atoms with Gasteiger partial charge in [0.15, 0.2) is 5.65 Å². The van der Waals surface area contributed by atoms with Crippen LogP contribution in [-0.4, -0.2) is 44.7 Å². The molecule has 1 aromatic carbocycles. The third kappa shape index (κ3) is 3.37. The van der Waals surface area contributed by atoms with E-state index in [0.29, 0.717) is 30.3 Å². The lowest BCUT2D eigenvalue weighted by molar-refractivity contribution is 0.222. The van der Waals surface area contributed by atoms with E-state index in [1.807, 2.05) is 12.1 Å². The number of nitrogens with zero attached hydrogens (tertiary/aromatic N) is 4. The first-order valence-electron chi connectivity index (χ1n) is 9.58. The number of benzene rings is 1. The molecule has 2 amide bonds. The van der Waals surface area contributed by atoms with Crippen molar-refractivity contribution in [2.45, 2.75) is 31.2 Å². The molecule has 0 radical (unpaired) electrons. The molecule has 1 saturated carbocycles. The molecule has 0 bridgehead atoms. The van der Waals surface area contributed by atoms with Gasteiger partial charge in [-0.3, -0.25) is 0 Å². The Morgan fingerprint density at radius 1 is 1.18 bits per heavy atom. The molecule has 0 spiro atoms. The van der Waals surface area contributed by atoms with Crippen molar-refractivity contribution in [2.24, 2.45) is 0 Å². The van der Waals surface area contributed by atoms with Crippen LogP contribution in [0.1, 0.15) is 30.7 Å². The lowest BCUT2D eigenvalue weighted by atomic mass is 10.1. The van der Waals surface area contributed by atoms with E-state index in [9.17, 15) is 9.18 Å². The average molecular weight is 380 g/mol. The van der Waals surface area contributed by atoms with Crippen LogP contribution < -0.4 is 10.6 Å². The van der Waals surface area contributed by atoms with Crippen molar-refractivity contribution in [3.63, 3.8) is 0 Å². The smallest absolute Gasteiger partial charge is 0.321 e. The van der Waals surface area contributed by atoms with Crippen molar-refractivity contribution in [3.8, 4) is 0 Å². The number of fused-ring (bicyclic) bond motifs is 1. The summed E-state index contributed by atoms with van der Waals surface area (Å²) in [6.45, 7) is 1.25. The van der Waals surface area contributed by atoms with Gasteiger partial charge in [-0.1, -0.05) is 0 Å². The zero-order chi connectivity index (χ0) is 19.1. The van der Waals surface area contributed by atoms with Crippen LogP contribution in [0.3, 0.4) is 0 Å². The number of anilines is 2. The monoisotopic (exact) mass is 380 g/mol. The number of carbonyl (C=O) groups excluding carboxylic acids is 1. The number of hydrogen-bond donors (Lipinski definition) is 2. The highest BCUT2D eigenvalue weighted by Gasteiger charge is 2.28. The van der Waals surface area contributed by atoms with Gasteiger partial charge >= 0.3 is 6.03 Å². The van der Waals surface area contributed by atoms with Gasteiger partial charge in [-0.15, -0.1) is 5.10 Å². The maximum Gasteiger partial charge on any atom is 0.321 e. The number of aromatic nitrogens is 3. The number of rotatable bonds is 4. The van der Waals surface area contributed by atoms with Crippen molar-refractivity contribution < 1.29 is 9.18 Å². The third-order valence-corrected chi connectivity index (χ3v) is 5.35.